The standard InChI is InChI=1S/C12H16N2O3/c1-3-17-12(16)13-8-11(15)14-10-7-5-4-6-9(10)2/h4-7H,3,8H2,1-2H3,(H,13,16)(H,14,15). The monoisotopic (exact) mass is 236 g/mol. The molecule has 1 aromatic carbocycles. The van der Waals surface area contributed by atoms with Gasteiger partial charge in [-0.15, -0.1) is 0 Å². The molecule has 0 fully saturated rings. The van der Waals surface area contributed by atoms with Gasteiger partial charge in [0.05, 0.1) is 6.61 Å². The number of nitrogens with one attached hydrogen (secondary N) is 2. The second kappa shape index (κ2) is 6.52. The Labute approximate surface area is 100 Å². The van der Waals surface area contributed by atoms with E-state index in [0.717, 1.165) is 11.3 Å². The van der Waals surface area contributed by atoms with Crippen molar-refractivity contribution in [2.24, 2.45) is 0 Å². The summed E-state index contributed by atoms with van der Waals surface area (Å²) in [6.07, 6.45) is -0.590. The number of rotatable bonds is 4. The number of hydrogen-bond acceptors (Lipinski definition) is 3. The van der Waals surface area contributed by atoms with Crippen LogP contribution >= 0.6 is 0 Å². The molecule has 0 aliphatic rings. The summed E-state index contributed by atoms with van der Waals surface area (Å²) in [6, 6.07) is 7.43. The molecule has 2 N–H and O–H groups in total. The molecule has 0 aliphatic carbocycles. The van der Waals surface area contributed by atoms with Gasteiger partial charge in [-0.1, -0.05) is 18.2 Å². The van der Waals surface area contributed by atoms with Gasteiger partial charge in [-0.3, -0.25) is 4.79 Å². The number of carbonyl (C=O) groups excluding carboxylic acids is 2. The SMILES string of the molecule is CCOC(=O)NCC(=O)Nc1ccccc1C. The Kier molecular flexibility index (Phi) is 5.00. The molecule has 1 aromatic rings. The Balaban J connectivity index is 2.40. The van der Waals surface area contributed by atoms with Crippen LogP contribution in [0.2, 0.25) is 0 Å². The van der Waals surface area contributed by atoms with Crippen molar-refractivity contribution in [3.05, 3.63) is 29.8 Å². The molecule has 0 saturated heterocycles. The maximum atomic E-state index is 11.5. The average molecular weight is 236 g/mol. The fraction of sp³-hybridized carbons (Fsp3) is 0.333. The van der Waals surface area contributed by atoms with Crippen LogP contribution in [0.4, 0.5) is 10.5 Å². The maximum absolute atomic E-state index is 11.5. The summed E-state index contributed by atoms with van der Waals surface area (Å²) in [4.78, 5) is 22.4. The number of para-hydroxylation sites is 1. The lowest BCUT2D eigenvalue weighted by Crippen LogP contribution is -2.33. The van der Waals surface area contributed by atoms with Gasteiger partial charge in [-0.05, 0) is 25.5 Å². The van der Waals surface area contributed by atoms with Gasteiger partial charge in [-0.25, -0.2) is 4.79 Å². The van der Waals surface area contributed by atoms with Gasteiger partial charge < -0.3 is 15.4 Å². The summed E-state index contributed by atoms with van der Waals surface area (Å²) < 4.78 is 4.64. The molecule has 0 saturated carbocycles. The quantitative estimate of drug-likeness (QED) is 0.835. The highest BCUT2D eigenvalue weighted by atomic mass is 16.5. The number of carbonyl (C=O) groups is 2. The second-order valence-corrected chi connectivity index (χ2v) is 3.44. The lowest BCUT2D eigenvalue weighted by molar-refractivity contribution is -0.115. The van der Waals surface area contributed by atoms with E-state index < -0.39 is 6.09 Å². The molecular weight excluding hydrogens is 220 g/mol. The fourth-order valence-corrected chi connectivity index (χ4v) is 1.24. The van der Waals surface area contributed by atoms with E-state index in [1.165, 1.54) is 0 Å². The Morgan fingerprint density at radius 2 is 2.00 bits per heavy atom. The summed E-state index contributed by atoms with van der Waals surface area (Å²) in [5.41, 5.74) is 1.71. The predicted molar refractivity (Wildman–Crippen MR) is 64.8 cm³/mol. The van der Waals surface area contributed by atoms with E-state index in [0.29, 0.717) is 0 Å². The van der Waals surface area contributed by atoms with Crippen molar-refractivity contribution in [1.82, 2.24) is 5.32 Å². The Bertz CT molecular complexity index is 404. The minimum Gasteiger partial charge on any atom is -0.450 e. The Morgan fingerprint density at radius 1 is 1.29 bits per heavy atom. The first-order chi connectivity index (χ1) is 8.13. The number of alkyl carbamates (subject to hydrolysis) is 1. The molecular formula is C12H16N2O3. The number of amides is 2. The van der Waals surface area contributed by atoms with Crippen LogP contribution in [0.1, 0.15) is 12.5 Å². The van der Waals surface area contributed by atoms with Gasteiger partial charge >= 0.3 is 6.09 Å². The molecule has 2 amide bonds. The van der Waals surface area contributed by atoms with Gasteiger partial charge in [0.1, 0.15) is 6.54 Å². The first-order valence-electron chi connectivity index (χ1n) is 5.39. The van der Waals surface area contributed by atoms with E-state index in [1.807, 2.05) is 25.1 Å². The van der Waals surface area contributed by atoms with E-state index in [1.54, 1.807) is 13.0 Å². The van der Waals surface area contributed by atoms with E-state index in [4.69, 9.17) is 0 Å². The summed E-state index contributed by atoms with van der Waals surface area (Å²) in [7, 11) is 0. The van der Waals surface area contributed by atoms with E-state index in [-0.39, 0.29) is 19.1 Å². The molecule has 0 aromatic heterocycles. The van der Waals surface area contributed by atoms with Crippen molar-refractivity contribution in [3.63, 3.8) is 0 Å². The molecule has 0 spiro atoms. The zero-order valence-corrected chi connectivity index (χ0v) is 9.95. The average Bonchev–Trinajstić information content (AvgIpc) is 2.30. The van der Waals surface area contributed by atoms with E-state index in [2.05, 4.69) is 15.4 Å². The highest BCUT2D eigenvalue weighted by Gasteiger charge is 2.06. The highest BCUT2D eigenvalue weighted by Crippen LogP contribution is 2.12. The van der Waals surface area contributed by atoms with Crippen LogP contribution in [-0.2, 0) is 9.53 Å². The first kappa shape index (κ1) is 13.0. The lowest BCUT2D eigenvalue weighted by Gasteiger charge is -2.08. The van der Waals surface area contributed by atoms with Crippen LogP contribution in [-0.4, -0.2) is 25.2 Å². The van der Waals surface area contributed by atoms with E-state index >= 15 is 0 Å². The molecule has 0 heterocycles. The molecule has 0 atom stereocenters. The van der Waals surface area contributed by atoms with Crippen molar-refractivity contribution in [1.29, 1.82) is 0 Å². The summed E-state index contributed by atoms with van der Waals surface area (Å²) in [6.45, 7) is 3.78. The number of ether oxygens (including phenoxy) is 1. The van der Waals surface area contributed by atoms with Gasteiger partial charge in [0.25, 0.3) is 0 Å². The van der Waals surface area contributed by atoms with Crippen LogP contribution < -0.4 is 10.6 Å². The third-order valence-electron chi connectivity index (χ3n) is 2.09. The van der Waals surface area contributed by atoms with Crippen molar-refractivity contribution in [2.45, 2.75) is 13.8 Å². The van der Waals surface area contributed by atoms with Crippen molar-refractivity contribution in [2.75, 3.05) is 18.5 Å². The topological polar surface area (TPSA) is 67.4 Å². The van der Waals surface area contributed by atoms with Crippen LogP contribution in [0.15, 0.2) is 24.3 Å². The second-order valence-electron chi connectivity index (χ2n) is 3.44. The third-order valence-corrected chi connectivity index (χ3v) is 2.09. The molecule has 0 bridgehead atoms. The molecule has 0 aliphatic heterocycles. The number of anilines is 1. The molecule has 5 nitrogen and oxygen atoms in total. The third kappa shape index (κ3) is 4.55. The fourth-order valence-electron chi connectivity index (χ4n) is 1.24. The first-order valence-corrected chi connectivity index (χ1v) is 5.39. The normalized spacial score (nSPS) is 9.53. The Hall–Kier alpha value is -2.04. The molecule has 0 radical (unpaired) electrons. The number of aryl methyl sites for hydroxylation is 1. The largest absolute Gasteiger partial charge is 0.450 e. The minimum absolute atomic E-state index is 0.104. The van der Waals surface area contributed by atoms with Crippen molar-refractivity contribution < 1.29 is 14.3 Å². The van der Waals surface area contributed by atoms with Crippen LogP contribution in [0.5, 0.6) is 0 Å². The van der Waals surface area contributed by atoms with Crippen molar-refractivity contribution in [3.8, 4) is 0 Å². The highest BCUT2D eigenvalue weighted by molar-refractivity contribution is 5.94. The van der Waals surface area contributed by atoms with E-state index in [9.17, 15) is 9.59 Å². The van der Waals surface area contributed by atoms with Gasteiger partial charge in [0.15, 0.2) is 0 Å². The molecule has 1 rings (SSSR count). The van der Waals surface area contributed by atoms with Crippen LogP contribution in [0.25, 0.3) is 0 Å². The van der Waals surface area contributed by atoms with Gasteiger partial charge in [0.2, 0.25) is 5.91 Å². The minimum atomic E-state index is -0.590. The maximum Gasteiger partial charge on any atom is 0.407 e. The smallest absolute Gasteiger partial charge is 0.407 e. The number of benzene rings is 1. The summed E-state index contributed by atoms with van der Waals surface area (Å²) in [5.74, 6) is -0.285. The molecule has 0 unspecified atom stereocenters. The van der Waals surface area contributed by atoms with Crippen LogP contribution in [0.3, 0.4) is 0 Å². The zero-order valence-electron chi connectivity index (χ0n) is 9.95. The summed E-state index contributed by atoms with van der Waals surface area (Å²) in [5, 5.41) is 5.05. The van der Waals surface area contributed by atoms with Gasteiger partial charge in [-0.2, -0.15) is 0 Å². The molecule has 5 heteroatoms. The number of hydrogen-bond donors (Lipinski definition) is 2. The molecule has 92 valence electrons. The summed E-state index contributed by atoms with van der Waals surface area (Å²) >= 11 is 0. The zero-order chi connectivity index (χ0) is 12.7. The predicted octanol–water partition coefficient (Wildman–Crippen LogP) is 1.68. The lowest BCUT2D eigenvalue weighted by atomic mass is 10.2. The van der Waals surface area contributed by atoms with Crippen molar-refractivity contribution >= 4 is 17.7 Å². The van der Waals surface area contributed by atoms with Gasteiger partial charge in [0, 0.05) is 5.69 Å². The molecule has 17 heavy (non-hydrogen) atoms. The Morgan fingerprint density at radius 3 is 2.65 bits per heavy atom. The van der Waals surface area contributed by atoms with Crippen LogP contribution in [0, 0.1) is 6.92 Å².